The highest BCUT2D eigenvalue weighted by Crippen LogP contribution is 2.35. The smallest absolute Gasteiger partial charge is 0.416 e. The third-order valence-electron chi connectivity index (χ3n) is 5.30. The zero-order chi connectivity index (χ0) is 24.5. The molecule has 0 saturated carbocycles. The number of aliphatic carboxylic acids is 1. The Bertz CT molecular complexity index is 1310. The minimum absolute atomic E-state index is 0.00910. The number of fused-ring (bicyclic) bond motifs is 1. The summed E-state index contributed by atoms with van der Waals surface area (Å²) >= 11 is 2.96. The van der Waals surface area contributed by atoms with E-state index in [0.29, 0.717) is 29.3 Å². The molecule has 9 heteroatoms. The molecule has 4 rings (SSSR count). The first-order valence-corrected chi connectivity index (χ1v) is 12.3. The minimum Gasteiger partial charge on any atom is -0.493 e. The molecule has 0 atom stereocenters. The molecule has 0 aliphatic heterocycles. The lowest BCUT2D eigenvalue weighted by Crippen LogP contribution is -2.04. The Morgan fingerprint density at radius 3 is 2.53 bits per heavy atom. The topological polar surface area (TPSA) is 59.4 Å². The van der Waals surface area contributed by atoms with Crippen LogP contribution < -0.4 is 4.74 Å². The van der Waals surface area contributed by atoms with Gasteiger partial charge in [0.25, 0.3) is 0 Å². The van der Waals surface area contributed by atoms with Crippen LogP contribution in [0.3, 0.4) is 0 Å². The zero-order valence-electron chi connectivity index (χ0n) is 18.5. The molecule has 1 N–H and O–H groups in total. The molecule has 0 saturated heterocycles. The van der Waals surface area contributed by atoms with Crippen LogP contribution in [0.5, 0.6) is 5.75 Å². The first kappa shape index (κ1) is 24.2. The average molecular weight is 506 g/mol. The maximum atomic E-state index is 12.9. The van der Waals surface area contributed by atoms with Crippen LogP contribution >= 0.6 is 22.7 Å². The number of nitrogens with zero attached hydrogens (tertiary/aromatic N) is 1. The summed E-state index contributed by atoms with van der Waals surface area (Å²) in [5.41, 5.74) is 1.70. The van der Waals surface area contributed by atoms with E-state index in [1.807, 2.05) is 37.4 Å². The lowest BCUT2D eigenvalue weighted by Gasteiger charge is -2.08. The molecule has 0 fully saturated rings. The summed E-state index contributed by atoms with van der Waals surface area (Å²) < 4.78 is 45.5. The first-order valence-electron chi connectivity index (χ1n) is 10.6. The Morgan fingerprint density at radius 1 is 1.15 bits per heavy atom. The van der Waals surface area contributed by atoms with Gasteiger partial charge in [0.1, 0.15) is 10.8 Å². The number of carboxylic acid groups (broad SMARTS) is 1. The van der Waals surface area contributed by atoms with E-state index in [-0.39, 0.29) is 12.3 Å². The quantitative estimate of drug-likeness (QED) is 0.271. The van der Waals surface area contributed by atoms with Crippen molar-refractivity contribution >= 4 is 38.7 Å². The second-order valence-electron chi connectivity index (χ2n) is 8.15. The number of ether oxygens (including phenoxy) is 1. The number of carbonyl (C=O) groups is 1. The zero-order valence-corrected chi connectivity index (χ0v) is 20.1. The molecular weight excluding hydrogens is 483 g/mol. The maximum absolute atomic E-state index is 12.9. The van der Waals surface area contributed by atoms with Gasteiger partial charge in [-0.15, -0.1) is 22.7 Å². The largest absolute Gasteiger partial charge is 0.493 e. The maximum Gasteiger partial charge on any atom is 0.416 e. The summed E-state index contributed by atoms with van der Waals surface area (Å²) in [4.78, 5) is 16.8. The SMILES string of the molecule is CC(C)c1nc(-c2ccc(C(F)(F)F)cc2)sc1CCOc1ccc2c(CC(=O)O)csc2c1. The van der Waals surface area contributed by atoms with Gasteiger partial charge in [-0.2, -0.15) is 13.2 Å². The van der Waals surface area contributed by atoms with Crippen molar-refractivity contribution in [3.63, 3.8) is 0 Å². The third-order valence-corrected chi connectivity index (χ3v) is 7.47. The fourth-order valence-electron chi connectivity index (χ4n) is 3.63. The highest BCUT2D eigenvalue weighted by atomic mass is 32.1. The molecule has 0 amide bonds. The van der Waals surface area contributed by atoms with E-state index in [2.05, 4.69) is 0 Å². The molecule has 2 heterocycles. The van der Waals surface area contributed by atoms with Crippen LogP contribution in [0.25, 0.3) is 20.7 Å². The molecule has 34 heavy (non-hydrogen) atoms. The first-order chi connectivity index (χ1) is 16.1. The molecular formula is C25H22F3NO3S2. The Balaban J connectivity index is 1.46. The number of hydrogen-bond donors (Lipinski definition) is 1. The highest BCUT2D eigenvalue weighted by Gasteiger charge is 2.30. The Morgan fingerprint density at radius 2 is 1.88 bits per heavy atom. The van der Waals surface area contributed by atoms with E-state index in [1.54, 1.807) is 0 Å². The van der Waals surface area contributed by atoms with E-state index in [4.69, 9.17) is 14.8 Å². The van der Waals surface area contributed by atoms with Crippen LogP contribution in [0.2, 0.25) is 0 Å². The molecule has 4 nitrogen and oxygen atoms in total. The van der Waals surface area contributed by atoms with Crippen molar-refractivity contribution in [2.75, 3.05) is 6.61 Å². The highest BCUT2D eigenvalue weighted by molar-refractivity contribution is 7.17. The number of rotatable bonds is 8. The molecule has 0 bridgehead atoms. The van der Waals surface area contributed by atoms with E-state index in [0.717, 1.165) is 38.4 Å². The number of thiophene rings is 1. The van der Waals surface area contributed by atoms with Gasteiger partial charge in [0, 0.05) is 21.6 Å². The van der Waals surface area contributed by atoms with Gasteiger partial charge < -0.3 is 9.84 Å². The summed E-state index contributed by atoms with van der Waals surface area (Å²) in [6.07, 6.45) is -3.75. The van der Waals surface area contributed by atoms with Gasteiger partial charge in [-0.3, -0.25) is 4.79 Å². The average Bonchev–Trinajstić information content (AvgIpc) is 3.37. The second-order valence-corrected chi connectivity index (χ2v) is 10.1. The summed E-state index contributed by atoms with van der Waals surface area (Å²) in [7, 11) is 0. The molecule has 4 aromatic rings. The standard InChI is InChI=1S/C25H22F3NO3S2/c1-14(2)23-20(34-24(29-23)15-3-5-17(6-4-15)25(26,27)28)9-10-32-18-7-8-19-16(11-22(30)31)13-33-21(19)12-18/h3-8,12-14H,9-11H2,1-2H3,(H,30,31). The summed E-state index contributed by atoms with van der Waals surface area (Å²) in [6, 6.07) is 10.7. The van der Waals surface area contributed by atoms with Crippen LogP contribution in [0.15, 0.2) is 47.8 Å². The number of benzene rings is 2. The van der Waals surface area contributed by atoms with Gasteiger partial charge in [-0.05, 0) is 52.6 Å². The van der Waals surface area contributed by atoms with Crippen molar-refractivity contribution in [2.45, 2.75) is 38.8 Å². The Labute approximate surface area is 202 Å². The van der Waals surface area contributed by atoms with E-state index in [9.17, 15) is 18.0 Å². The lowest BCUT2D eigenvalue weighted by atomic mass is 10.1. The third kappa shape index (κ3) is 5.42. The summed E-state index contributed by atoms with van der Waals surface area (Å²) in [6.45, 7) is 4.50. The number of aromatic nitrogens is 1. The normalized spacial score (nSPS) is 11.9. The summed E-state index contributed by atoms with van der Waals surface area (Å²) in [5.74, 6) is 0.0144. The van der Waals surface area contributed by atoms with Crippen molar-refractivity contribution in [2.24, 2.45) is 0 Å². The van der Waals surface area contributed by atoms with Crippen LogP contribution in [0, 0.1) is 0 Å². The van der Waals surface area contributed by atoms with Gasteiger partial charge in [-0.1, -0.05) is 26.0 Å². The number of alkyl halides is 3. The number of halogens is 3. The number of thiazole rings is 1. The molecule has 0 aliphatic carbocycles. The fraction of sp³-hybridized carbons (Fsp3) is 0.280. The predicted molar refractivity (Wildman–Crippen MR) is 129 cm³/mol. The van der Waals surface area contributed by atoms with Crippen molar-refractivity contribution in [3.05, 3.63) is 69.5 Å². The molecule has 0 spiro atoms. The fourth-order valence-corrected chi connectivity index (χ4v) is 5.83. The monoisotopic (exact) mass is 505 g/mol. The Kier molecular flexibility index (Phi) is 6.95. The molecule has 0 unspecified atom stereocenters. The minimum atomic E-state index is -4.36. The van der Waals surface area contributed by atoms with Crippen LogP contribution in [-0.4, -0.2) is 22.7 Å². The molecule has 2 aromatic heterocycles. The predicted octanol–water partition coefficient (Wildman–Crippen LogP) is 7.42. The second kappa shape index (κ2) is 9.76. The molecule has 0 aliphatic rings. The van der Waals surface area contributed by atoms with Crippen LogP contribution in [0.1, 0.15) is 41.5 Å². The molecule has 0 radical (unpaired) electrons. The van der Waals surface area contributed by atoms with Gasteiger partial charge in [0.2, 0.25) is 0 Å². The van der Waals surface area contributed by atoms with Crippen molar-refractivity contribution in [1.82, 2.24) is 4.98 Å². The number of hydrogen-bond acceptors (Lipinski definition) is 5. The van der Waals surface area contributed by atoms with Gasteiger partial charge in [-0.25, -0.2) is 4.98 Å². The van der Waals surface area contributed by atoms with Gasteiger partial charge in [0.15, 0.2) is 0 Å². The number of carboxylic acids is 1. The van der Waals surface area contributed by atoms with Crippen LogP contribution in [-0.2, 0) is 23.8 Å². The lowest BCUT2D eigenvalue weighted by molar-refractivity contribution is -0.138. The van der Waals surface area contributed by atoms with Crippen molar-refractivity contribution in [1.29, 1.82) is 0 Å². The van der Waals surface area contributed by atoms with Crippen molar-refractivity contribution < 1.29 is 27.8 Å². The van der Waals surface area contributed by atoms with Gasteiger partial charge in [0.05, 0.1) is 24.3 Å². The van der Waals surface area contributed by atoms with E-state index >= 15 is 0 Å². The Hall–Kier alpha value is -2.91. The van der Waals surface area contributed by atoms with Gasteiger partial charge >= 0.3 is 12.1 Å². The van der Waals surface area contributed by atoms with E-state index < -0.39 is 17.7 Å². The van der Waals surface area contributed by atoms with E-state index in [1.165, 1.54) is 34.8 Å². The summed E-state index contributed by atoms with van der Waals surface area (Å²) in [5, 5.41) is 12.5. The van der Waals surface area contributed by atoms with Crippen molar-refractivity contribution in [3.8, 4) is 16.3 Å². The van der Waals surface area contributed by atoms with Crippen LogP contribution in [0.4, 0.5) is 13.2 Å². The molecule has 178 valence electrons. The molecule has 2 aromatic carbocycles.